The van der Waals surface area contributed by atoms with Gasteiger partial charge < -0.3 is 9.52 Å². The average Bonchev–Trinajstić information content (AvgIpc) is 2.85. The van der Waals surface area contributed by atoms with Gasteiger partial charge in [-0.3, -0.25) is 4.79 Å². The average molecular weight is 288 g/mol. The van der Waals surface area contributed by atoms with Crippen LogP contribution in [-0.4, -0.2) is 17.4 Å². The maximum atomic E-state index is 13.7. The molecule has 20 heavy (non-hydrogen) atoms. The van der Waals surface area contributed by atoms with Crippen molar-refractivity contribution in [2.45, 2.75) is 0 Å². The Labute approximate surface area is 108 Å². The Bertz CT molecular complexity index is 691. The van der Waals surface area contributed by atoms with E-state index >= 15 is 0 Å². The summed E-state index contributed by atoms with van der Waals surface area (Å²) in [6.45, 7) is 0. The third-order valence-corrected chi connectivity index (χ3v) is 2.47. The predicted molar refractivity (Wildman–Crippen MR) is 56.3 cm³/mol. The van der Waals surface area contributed by atoms with E-state index < -0.39 is 46.1 Å². The highest BCUT2D eigenvalue weighted by Gasteiger charge is 2.31. The summed E-state index contributed by atoms with van der Waals surface area (Å²) in [6, 6.07) is 1.95. The van der Waals surface area contributed by atoms with Crippen molar-refractivity contribution in [1.29, 1.82) is 0 Å². The number of hydrogen-bond acceptors (Lipinski definition) is 3. The van der Waals surface area contributed by atoms with Gasteiger partial charge in [-0.1, -0.05) is 0 Å². The second-order valence-corrected chi connectivity index (χ2v) is 3.63. The molecule has 1 aromatic heterocycles. The van der Waals surface area contributed by atoms with Gasteiger partial charge in [-0.05, 0) is 12.1 Å². The van der Waals surface area contributed by atoms with Crippen LogP contribution in [0.2, 0.25) is 0 Å². The highest BCUT2D eigenvalue weighted by Crippen LogP contribution is 2.32. The first-order valence-electron chi connectivity index (χ1n) is 5.03. The van der Waals surface area contributed by atoms with Crippen LogP contribution in [0.15, 0.2) is 16.5 Å². The van der Waals surface area contributed by atoms with E-state index in [4.69, 9.17) is 5.11 Å². The van der Waals surface area contributed by atoms with Gasteiger partial charge in [0.25, 0.3) is 0 Å². The second-order valence-electron chi connectivity index (χ2n) is 3.63. The first-order valence-corrected chi connectivity index (χ1v) is 5.03. The van der Waals surface area contributed by atoms with E-state index in [-0.39, 0.29) is 12.0 Å². The predicted octanol–water partition coefficient (Wildman–Crippen LogP) is 3.01. The van der Waals surface area contributed by atoms with Crippen LogP contribution in [0.25, 0.3) is 11.3 Å². The van der Waals surface area contributed by atoms with E-state index in [2.05, 4.69) is 4.42 Å². The van der Waals surface area contributed by atoms with Crippen LogP contribution in [0, 0.1) is 23.3 Å². The molecule has 2 rings (SSSR count). The topological polar surface area (TPSA) is 67.5 Å². The first kappa shape index (κ1) is 13.8. The van der Waals surface area contributed by atoms with Crippen LogP contribution < -0.4 is 0 Å². The maximum Gasteiger partial charge on any atom is 0.341 e. The molecule has 0 saturated heterocycles. The lowest BCUT2D eigenvalue weighted by Crippen LogP contribution is -2.11. The number of hydrogen-bond donors (Lipinski definition) is 1. The SMILES string of the molecule is O=Cc1ccc(-c2c(F)c(F)c(C(=O)O)c(F)c2F)o1. The third kappa shape index (κ3) is 1.94. The van der Waals surface area contributed by atoms with E-state index in [1.54, 1.807) is 0 Å². The summed E-state index contributed by atoms with van der Waals surface area (Å²) >= 11 is 0. The quantitative estimate of drug-likeness (QED) is 0.535. The number of rotatable bonds is 3. The van der Waals surface area contributed by atoms with Crippen molar-refractivity contribution < 1.29 is 36.7 Å². The maximum absolute atomic E-state index is 13.7. The largest absolute Gasteiger partial charge is 0.477 e. The third-order valence-electron chi connectivity index (χ3n) is 2.47. The number of carbonyl (C=O) groups is 2. The van der Waals surface area contributed by atoms with E-state index in [0.717, 1.165) is 12.1 Å². The van der Waals surface area contributed by atoms with Gasteiger partial charge in [0.15, 0.2) is 35.3 Å². The smallest absolute Gasteiger partial charge is 0.341 e. The normalized spacial score (nSPS) is 10.6. The zero-order valence-corrected chi connectivity index (χ0v) is 9.42. The van der Waals surface area contributed by atoms with E-state index in [0.29, 0.717) is 0 Å². The zero-order valence-electron chi connectivity index (χ0n) is 9.42. The molecule has 104 valence electrons. The van der Waals surface area contributed by atoms with Crippen molar-refractivity contribution in [3.63, 3.8) is 0 Å². The van der Waals surface area contributed by atoms with Crippen molar-refractivity contribution in [3.8, 4) is 11.3 Å². The lowest BCUT2D eigenvalue weighted by molar-refractivity contribution is 0.0683. The minimum atomic E-state index is -2.16. The second kappa shape index (κ2) is 4.80. The Morgan fingerprint density at radius 2 is 1.60 bits per heavy atom. The summed E-state index contributed by atoms with van der Waals surface area (Å²) in [6.07, 6.45) is 0.220. The number of carboxylic acid groups (broad SMARTS) is 1. The first-order chi connectivity index (χ1) is 9.38. The Kier molecular flexibility index (Phi) is 3.31. The molecular weight excluding hydrogens is 284 g/mol. The molecular formula is C12H4F4O4. The number of carboxylic acids is 1. The molecule has 8 heteroatoms. The molecule has 0 bridgehead atoms. The van der Waals surface area contributed by atoms with Gasteiger partial charge in [-0.2, -0.15) is 0 Å². The fourth-order valence-corrected chi connectivity index (χ4v) is 1.59. The number of carbonyl (C=O) groups excluding carboxylic acids is 1. The number of halogens is 4. The Morgan fingerprint density at radius 3 is 2.00 bits per heavy atom. The zero-order chi connectivity index (χ0) is 15.0. The molecule has 0 amide bonds. The molecule has 1 aromatic carbocycles. The lowest BCUT2D eigenvalue weighted by Gasteiger charge is -2.07. The van der Waals surface area contributed by atoms with Crippen molar-refractivity contribution in [3.05, 3.63) is 46.7 Å². The van der Waals surface area contributed by atoms with Crippen molar-refractivity contribution >= 4 is 12.3 Å². The highest BCUT2D eigenvalue weighted by atomic mass is 19.2. The van der Waals surface area contributed by atoms with Crippen LogP contribution in [0.1, 0.15) is 20.9 Å². The number of furan rings is 1. The summed E-state index contributed by atoms with van der Waals surface area (Å²) in [5.74, 6) is -11.1. The molecule has 0 fully saturated rings. The molecule has 0 atom stereocenters. The molecule has 1 heterocycles. The van der Waals surface area contributed by atoms with Gasteiger partial charge in [0.1, 0.15) is 11.3 Å². The van der Waals surface area contributed by atoms with Gasteiger partial charge in [-0.25, -0.2) is 22.4 Å². The van der Waals surface area contributed by atoms with E-state index in [1.165, 1.54) is 0 Å². The Hall–Kier alpha value is -2.64. The number of aldehydes is 1. The summed E-state index contributed by atoms with van der Waals surface area (Å²) in [7, 11) is 0. The van der Waals surface area contributed by atoms with E-state index in [1.807, 2.05) is 0 Å². The minimum Gasteiger partial charge on any atom is -0.477 e. The summed E-state index contributed by atoms with van der Waals surface area (Å²) in [4.78, 5) is 21.0. The van der Waals surface area contributed by atoms with Crippen LogP contribution in [0.4, 0.5) is 17.6 Å². The number of benzene rings is 1. The van der Waals surface area contributed by atoms with Crippen molar-refractivity contribution in [2.24, 2.45) is 0 Å². The molecule has 0 aliphatic heterocycles. The lowest BCUT2D eigenvalue weighted by atomic mass is 10.1. The molecule has 0 radical (unpaired) electrons. The molecule has 2 aromatic rings. The fraction of sp³-hybridized carbons (Fsp3) is 0. The molecule has 0 aliphatic rings. The van der Waals surface area contributed by atoms with Gasteiger partial charge >= 0.3 is 5.97 Å². The molecule has 0 spiro atoms. The fourth-order valence-electron chi connectivity index (χ4n) is 1.59. The summed E-state index contributed by atoms with van der Waals surface area (Å²) < 4.78 is 58.9. The van der Waals surface area contributed by atoms with Crippen molar-refractivity contribution in [1.82, 2.24) is 0 Å². The Morgan fingerprint density at radius 1 is 1.05 bits per heavy atom. The monoisotopic (exact) mass is 288 g/mol. The minimum absolute atomic E-state index is 0.220. The Balaban J connectivity index is 2.78. The van der Waals surface area contributed by atoms with Crippen LogP contribution in [-0.2, 0) is 0 Å². The molecule has 0 aliphatic carbocycles. The molecule has 0 saturated carbocycles. The molecule has 0 unspecified atom stereocenters. The number of aromatic carboxylic acids is 1. The summed E-state index contributed by atoms with van der Waals surface area (Å²) in [5.41, 5.74) is -2.97. The molecule has 4 nitrogen and oxygen atoms in total. The van der Waals surface area contributed by atoms with E-state index in [9.17, 15) is 27.2 Å². The highest BCUT2D eigenvalue weighted by molar-refractivity contribution is 5.89. The van der Waals surface area contributed by atoms with Crippen LogP contribution >= 0.6 is 0 Å². The van der Waals surface area contributed by atoms with Crippen molar-refractivity contribution in [2.75, 3.05) is 0 Å². The van der Waals surface area contributed by atoms with Crippen LogP contribution in [0.5, 0.6) is 0 Å². The summed E-state index contributed by atoms with van der Waals surface area (Å²) in [5, 5.41) is 8.52. The van der Waals surface area contributed by atoms with Gasteiger partial charge in [0, 0.05) is 0 Å². The van der Waals surface area contributed by atoms with Crippen LogP contribution in [0.3, 0.4) is 0 Å². The standard InChI is InChI=1S/C12H4F4O4/c13-8-6(5-2-1-4(3-17)20-5)9(14)11(16)7(10(8)15)12(18)19/h1-3H,(H,18,19). The van der Waals surface area contributed by atoms with Gasteiger partial charge in [0.05, 0.1) is 5.56 Å². The van der Waals surface area contributed by atoms with Gasteiger partial charge in [0.2, 0.25) is 0 Å². The van der Waals surface area contributed by atoms with Gasteiger partial charge in [-0.15, -0.1) is 0 Å². The molecule has 1 N–H and O–H groups in total.